The normalized spacial score (nSPS) is 14.3. The van der Waals surface area contributed by atoms with Crippen molar-refractivity contribution in [3.05, 3.63) is 53.4 Å². The van der Waals surface area contributed by atoms with Gasteiger partial charge < -0.3 is 21.3 Å². The van der Waals surface area contributed by atoms with Crippen LogP contribution in [-0.2, 0) is 0 Å². The van der Waals surface area contributed by atoms with Crippen molar-refractivity contribution in [1.82, 2.24) is 15.0 Å². The molecule has 0 aliphatic carbocycles. The lowest BCUT2D eigenvalue weighted by Gasteiger charge is -2.37. The van der Waals surface area contributed by atoms with E-state index in [9.17, 15) is 0 Å². The van der Waals surface area contributed by atoms with Crippen LogP contribution >= 0.6 is 23.4 Å². The number of nitrogen functional groups attached to an aromatic ring is 2. The van der Waals surface area contributed by atoms with Gasteiger partial charge in [-0.05, 0) is 25.1 Å². The quantitative estimate of drug-likeness (QED) is 0.611. The number of hydrogen-bond donors (Lipinski definition) is 2. The number of nitrogens with two attached hydrogens (primary N) is 2. The average molecular weight is 428 g/mol. The zero-order valence-corrected chi connectivity index (χ0v) is 17.6. The van der Waals surface area contributed by atoms with Crippen LogP contribution in [0.5, 0.6) is 0 Å². The lowest BCUT2D eigenvalue weighted by molar-refractivity contribution is 0.644. The van der Waals surface area contributed by atoms with Crippen molar-refractivity contribution in [3.63, 3.8) is 0 Å². The minimum atomic E-state index is 0.316. The fraction of sp³-hybridized carbons (Fsp3) is 0.250. The lowest BCUT2D eigenvalue weighted by atomic mass is 10.2. The van der Waals surface area contributed by atoms with Crippen LogP contribution in [0.3, 0.4) is 0 Å². The summed E-state index contributed by atoms with van der Waals surface area (Å²) in [7, 11) is 0. The second-order valence-corrected chi connectivity index (χ2v) is 8.17. The Kier molecular flexibility index (Phi) is 5.64. The van der Waals surface area contributed by atoms with Crippen LogP contribution in [0.15, 0.2) is 52.6 Å². The molecule has 3 heterocycles. The summed E-state index contributed by atoms with van der Waals surface area (Å²) in [5.74, 6) is 1.20. The Hall–Kier alpha value is -2.71. The molecule has 1 aliphatic rings. The highest BCUT2D eigenvalue weighted by Crippen LogP contribution is 2.35. The van der Waals surface area contributed by atoms with Crippen LogP contribution < -0.4 is 21.3 Å². The van der Waals surface area contributed by atoms with E-state index in [1.54, 1.807) is 6.20 Å². The molecule has 1 aliphatic heterocycles. The standard InChI is InChI=1S/C20H22ClN7S/c1-13-20(29-16-6-7-24-19(23)18(16)21)25-12-17(26-13)28-10-8-27(9-11-28)15-5-3-2-4-14(15)22/h2-7,12H,8-11,22H2,1H3,(H2,23,24). The molecular formula is C20H22ClN7S. The molecule has 7 nitrogen and oxygen atoms in total. The highest BCUT2D eigenvalue weighted by Gasteiger charge is 2.20. The Morgan fingerprint density at radius 1 is 1.00 bits per heavy atom. The number of pyridine rings is 1. The minimum absolute atomic E-state index is 0.316. The summed E-state index contributed by atoms with van der Waals surface area (Å²) in [5.41, 5.74) is 14.7. The van der Waals surface area contributed by atoms with Crippen LogP contribution in [0.25, 0.3) is 0 Å². The van der Waals surface area contributed by atoms with Crippen molar-refractivity contribution in [1.29, 1.82) is 0 Å². The molecule has 1 saturated heterocycles. The molecule has 4 N–H and O–H groups in total. The monoisotopic (exact) mass is 427 g/mol. The zero-order chi connectivity index (χ0) is 20.4. The topological polar surface area (TPSA) is 97.2 Å². The molecule has 150 valence electrons. The number of aromatic nitrogens is 3. The molecule has 1 aromatic carbocycles. The average Bonchev–Trinajstić information content (AvgIpc) is 2.73. The van der Waals surface area contributed by atoms with Crippen LogP contribution in [0.4, 0.5) is 23.0 Å². The number of nitrogens with zero attached hydrogens (tertiary/aromatic N) is 5. The van der Waals surface area contributed by atoms with E-state index in [-0.39, 0.29) is 0 Å². The van der Waals surface area contributed by atoms with Gasteiger partial charge in [-0.15, -0.1) is 0 Å². The van der Waals surface area contributed by atoms with E-state index in [1.165, 1.54) is 11.8 Å². The third kappa shape index (κ3) is 4.18. The van der Waals surface area contributed by atoms with Gasteiger partial charge in [0.15, 0.2) is 0 Å². The predicted octanol–water partition coefficient (Wildman–Crippen LogP) is 3.48. The highest BCUT2D eigenvalue weighted by molar-refractivity contribution is 7.99. The fourth-order valence-electron chi connectivity index (χ4n) is 3.29. The molecular weight excluding hydrogens is 406 g/mol. The van der Waals surface area contributed by atoms with Gasteiger partial charge >= 0.3 is 0 Å². The minimum Gasteiger partial charge on any atom is -0.397 e. The van der Waals surface area contributed by atoms with Gasteiger partial charge in [0.25, 0.3) is 0 Å². The first-order valence-electron chi connectivity index (χ1n) is 9.29. The molecule has 29 heavy (non-hydrogen) atoms. The third-order valence-corrected chi connectivity index (χ3v) is 6.52. The van der Waals surface area contributed by atoms with Crippen LogP contribution in [0, 0.1) is 6.92 Å². The third-order valence-electron chi connectivity index (χ3n) is 4.86. The van der Waals surface area contributed by atoms with Crippen LogP contribution in [-0.4, -0.2) is 41.1 Å². The first-order chi connectivity index (χ1) is 14.0. The van der Waals surface area contributed by atoms with Crippen molar-refractivity contribution in [2.75, 3.05) is 47.4 Å². The van der Waals surface area contributed by atoms with E-state index >= 15 is 0 Å². The molecule has 0 amide bonds. The maximum Gasteiger partial charge on any atom is 0.147 e. The molecule has 9 heteroatoms. The molecule has 0 spiro atoms. The van der Waals surface area contributed by atoms with E-state index in [0.29, 0.717) is 10.8 Å². The SMILES string of the molecule is Cc1nc(N2CCN(c3ccccc3N)CC2)cnc1Sc1ccnc(N)c1Cl. The molecule has 1 fully saturated rings. The summed E-state index contributed by atoms with van der Waals surface area (Å²) in [4.78, 5) is 18.8. The summed E-state index contributed by atoms with van der Waals surface area (Å²) >= 11 is 7.69. The molecule has 2 aromatic heterocycles. The number of anilines is 4. The summed E-state index contributed by atoms with van der Waals surface area (Å²) in [6.07, 6.45) is 3.46. The van der Waals surface area contributed by atoms with Gasteiger partial charge in [0.2, 0.25) is 0 Å². The van der Waals surface area contributed by atoms with Crippen molar-refractivity contribution < 1.29 is 0 Å². The van der Waals surface area contributed by atoms with E-state index in [1.807, 2.05) is 37.4 Å². The fourth-order valence-corrected chi connectivity index (χ4v) is 4.34. The predicted molar refractivity (Wildman–Crippen MR) is 120 cm³/mol. The second kappa shape index (κ2) is 8.34. The smallest absolute Gasteiger partial charge is 0.147 e. The number of aryl methyl sites for hydroxylation is 1. The van der Waals surface area contributed by atoms with Crippen molar-refractivity contribution in [2.24, 2.45) is 0 Å². The number of para-hydroxylation sites is 2. The first-order valence-corrected chi connectivity index (χ1v) is 10.5. The molecule has 0 atom stereocenters. The van der Waals surface area contributed by atoms with E-state index in [0.717, 1.165) is 59.0 Å². The lowest BCUT2D eigenvalue weighted by Crippen LogP contribution is -2.47. The summed E-state index contributed by atoms with van der Waals surface area (Å²) in [6, 6.07) is 9.81. The molecule has 0 radical (unpaired) electrons. The van der Waals surface area contributed by atoms with Gasteiger partial charge in [0, 0.05) is 37.3 Å². The van der Waals surface area contributed by atoms with Crippen LogP contribution in [0.2, 0.25) is 5.02 Å². The van der Waals surface area contributed by atoms with Gasteiger partial charge in [-0.2, -0.15) is 0 Å². The van der Waals surface area contributed by atoms with E-state index in [2.05, 4.69) is 25.8 Å². The number of halogens is 1. The number of piperazine rings is 1. The maximum atomic E-state index is 6.25. The van der Waals surface area contributed by atoms with Crippen molar-refractivity contribution in [3.8, 4) is 0 Å². The van der Waals surface area contributed by atoms with E-state index in [4.69, 9.17) is 28.1 Å². The molecule has 4 rings (SSSR count). The Morgan fingerprint density at radius 2 is 1.72 bits per heavy atom. The van der Waals surface area contributed by atoms with Gasteiger partial charge in [-0.25, -0.2) is 15.0 Å². The molecule has 0 saturated carbocycles. The van der Waals surface area contributed by atoms with Crippen molar-refractivity contribution >= 4 is 46.4 Å². The number of benzene rings is 1. The second-order valence-electron chi connectivity index (χ2n) is 6.76. The summed E-state index contributed by atoms with van der Waals surface area (Å²) in [5, 5.41) is 1.25. The number of rotatable bonds is 4. The Morgan fingerprint density at radius 3 is 2.45 bits per heavy atom. The van der Waals surface area contributed by atoms with Gasteiger partial charge in [0.1, 0.15) is 16.7 Å². The maximum absolute atomic E-state index is 6.25. The summed E-state index contributed by atoms with van der Waals surface area (Å²) < 4.78 is 0. The number of hydrogen-bond acceptors (Lipinski definition) is 8. The molecule has 0 bridgehead atoms. The van der Waals surface area contributed by atoms with Gasteiger partial charge in [-0.1, -0.05) is 35.5 Å². The zero-order valence-electron chi connectivity index (χ0n) is 16.0. The molecule has 3 aromatic rings. The Labute approximate surface area is 179 Å². The van der Waals surface area contributed by atoms with Crippen LogP contribution in [0.1, 0.15) is 5.69 Å². The Balaban J connectivity index is 1.45. The van der Waals surface area contributed by atoms with Crippen molar-refractivity contribution in [2.45, 2.75) is 16.8 Å². The highest BCUT2D eigenvalue weighted by atomic mass is 35.5. The first kappa shape index (κ1) is 19.6. The molecule has 0 unspecified atom stereocenters. The summed E-state index contributed by atoms with van der Waals surface area (Å²) in [6.45, 7) is 5.45. The van der Waals surface area contributed by atoms with Gasteiger partial charge in [-0.3, -0.25) is 0 Å². The largest absolute Gasteiger partial charge is 0.397 e. The van der Waals surface area contributed by atoms with Gasteiger partial charge in [0.05, 0.1) is 28.3 Å². The van der Waals surface area contributed by atoms with E-state index < -0.39 is 0 Å². The Bertz CT molecular complexity index is 1020.